The van der Waals surface area contributed by atoms with Gasteiger partial charge in [0.05, 0.1) is 16.9 Å². The Labute approximate surface area is 109 Å². The van der Waals surface area contributed by atoms with E-state index in [2.05, 4.69) is 39.1 Å². The summed E-state index contributed by atoms with van der Waals surface area (Å²) in [6, 6.07) is 7.64. The Hall–Kier alpha value is -1.69. The van der Waals surface area contributed by atoms with Gasteiger partial charge in [0.15, 0.2) is 0 Å². The Morgan fingerprint density at radius 3 is 2.39 bits per heavy atom. The summed E-state index contributed by atoms with van der Waals surface area (Å²) in [4.78, 5) is 0. The average molecular weight is 243 g/mol. The first-order valence-corrected chi connectivity index (χ1v) is 6.35. The van der Waals surface area contributed by atoms with Gasteiger partial charge in [-0.15, -0.1) is 0 Å². The summed E-state index contributed by atoms with van der Waals surface area (Å²) in [5, 5.41) is 12.3. The zero-order valence-corrected chi connectivity index (χ0v) is 11.5. The Balaban J connectivity index is 2.08. The van der Waals surface area contributed by atoms with Crippen molar-refractivity contribution < 1.29 is 0 Å². The van der Waals surface area contributed by atoms with Gasteiger partial charge >= 0.3 is 0 Å². The molecule has 1 aliphatic carbocycles. The molecule has 2 rings (SSSR count). The van der Waals surface area contributed by atoms with E-state index in [1.807, 2.05) is 12.1 Å². The van der Waals surface area contributed by atoms with Crippen LogP contribution < -0.4 is 11.1 Å². The second kappa shape index (κ2) is 3.91. The predicted octanol–water partition coefficient (Wildman–Crippen LogP) is 3.23. The summed E-state index contributed by atoms with van der Waals surface area (Å²) in [5.41, 5.74) is 8.63. The number of nitrogens with two attached hydrogens (primary N) is 1. The smallest absolute Gasteiger partial charge is 0.101 e. The molecule has 0 aliphatic heterocycles. The average Bonchev–Trinajstić information content (AvgIpc) is 2.69. The number of nitriles is 1. The van der Waals surface area contributed by atoms with E-state index < -0.39 is 0 Å². The highest BCUT2D eigenvalue weighted by molar-refractivity contribution is 5.72. The molecule has 3 N–H and O–H groups in total. The fraction of sp³-hybridized carbons (Fsp3) is 0.533. The van der Waals surface area contributed by atoms with Gasteiger partial charge in [0.2, 0.25) is 0 Å². The Bertz CT molecular complexity index is 495. The third-order valence-corrected chi connectivity index (χ3v) is 5.04. The van der Waals surface area contributed by atoms with Crippen LogP contribution >= 0.6 is 0 Å². The molecule has 0 atom stereocenters. The Morgan fingerprint density at radius 1 is 1.28 bits per heavy atom. The molecular formula is C15H21N3. The van der Waals surface area contributed by atoms with Crippen molar-refractivity contribution in [3.63, 3.8) is 0 Å². The fourth-order valence-corrected chi connectivity index (χ4v) is 2.87. The number of hydrogen-bond acceptors (Lipinski definition) is 3. The molecule has 0 unspecified atom stereocenters. The van der Waals surface area contributed by atoms with Gasteiger partial charge in [-0.3, -0.25) is 0 Å². The quantitative estimate of drug-likeness (QED) is 0.801. The molecule has 1 fully saturated rings. The first-order chi connectivity index (χ1) is 8.32. The number of anilines is 2. The molecular weight excluding hydrogens is 222 g/mol. The maximum absolute atomic E-state index is 8.94. The van der Waals surface area contributed by atoms with E-state index in [1.54, 1.807) is 6.07 Å². The third-order valence-electron chi connectivity index (χ3n) is 5.04. The lowest BCUT2D eigenvalue weighted by Crippen LogP contribution is -2.10. The van der Waals surface area contributed by atoms with E-state index in [4.69, 9.17) is 11.0 Å². The minimum atomic E-state index is 0.363. The first-order valence-electron chi connectivity index (χ1n) is 6.35. The molecule has 1 aromatic carbocycles. The van der Waals surface area contributed by atoms with Crippen molar-refractivity contribution in [1.29, 1.82) is 5.26 Å². The molecule has 1 aromatic rings. The number of nitrogens with zero attached hydrogens (tertiary/aromatic N) is 1. The van der Waals surface area contributed by atoms with Gasteiger partial charge < -0.3 is 11.1 Å². The molecule has 0 radical (unpaired) electrons. The van der Waals surface area contributed by atoms with Crippen LogP contribution in [0.15, 0.2) is 18.2 Å². The number of para-hydroxylation sites is 1. The number of hydrogen-bond donors (Lipinski definition) is 2. The van der Waals surface area contributed by atoms with Gasteiger partial charge in [0.1, 0.15) is 6.07 Å². The van der Waals surface area contributed by atoms with Crippen LogP contribution in [-0.4, -0.2) is 6.54 Å². The predicted molar refractivity (Wildman–Crippen MR) is 75.1 cm³/mol. The van der Waals surface area contributed by atoms with E-state index >= 15 is 0 Å². The second-order valence-corrected chi connectivity index (χ2v) is 6.26. The first kappa shape index (κ1) is 12.8. The van der Waals surface area contributed by atoms with E-state index in [-0.39, 0.29) is 0 Å². The van der Waals surface area contributed by atoms with Crippen LogP contribution in [0.4, 0.5) is 11.4 Å². The van der Waals surface area contributed by atoms with Crippen LogP contribution in [0.2, 0.25) is 0 Å². The van der Waals surface area contributed by atoms with Crippen molar-refractivity contribution >= 4 is 11.4 Å². The topological polar surface area (TPSA) is 61.8 Å². The minimum absolute atomic E-state index is 0.363. The van der Waals surface area contributed by atoms with E-state index in [0.717, 1.165) is 12.2 Å². The molecule has 18 heavy (non-hydrogen) atoms. The highest BCUT2D eigenvalue weighted by Gasteiger charge is 2.64. The molecule has 1 aliphatic rings. The number of rotatable bonds is 3. The lowest BCUT2D eigenvalue weighted by atomic mass is 10.0. The van der Waals surface area contributed by atoms with Gasteiger partial charge in [-0.1, -0.05) is 33.8 Å². The van der Waals surface area contributed by atoms with Crippen molar-refractivity contribution in [2.75, 3.05) is 17.6 Å². The Morgan fingerprint density at radius 2 is 1.89 bits per heavy atom. The maximum Gasteiger partial charge on any atom is 0.101 e. The summed E-state index contributed by atoms with van der Waals surface area (Å²) in [5.74, 6) is 0.634. The van der Waals surface area contributed by atoms with Crippen LogP contribution in [0.3, 0.4) is 0 Å². The van der Waals surface area contributed by atoms with Crippen LogP contribution in [0, 0.1) is 28.1 Å². The number of nitrogens with one attached hydrogen (secondary N) is 1. The molecule has 0 spiro atoms. The Kier molecular flexibility index (Phi) is 2.77. The van der Waals surface area contributed by atoms with Crippen LogP contribution in [0.1, 0.15) is 33.3 Å². The number of nitrogen functional groups attached to an aromatic ring is 1. The van der Waals surface area contributed by atoms with Crippen LogP contribution in [-0.2, 0) is 0 Å². The molecule has 0 aromatic heterocycles. The minimum Gasteiger partial charge on any atom is -0.396 e. The van der Waals surface area contributed by atoms with Crippen molar-refractivity contribution in [3.05, 3.63) is 23.8 Å². The SMILES string of the molecule is CC1(C)C(CNc2cccc(C#N)c2N)C1(C)C. The van der Waals surface area contributed by atoms with E-state index in [1.165, 1.54) is 0 Å². The summed E-state index contributed by atoms with van der Waals surface area (Å²) in [6.45, 7) is 10.1. The van der Waals surface area contributed by atoms with Crippen LogP contribution in [0.25, 0.3) is 0 Å². The highest BCUT2D eigenvalue weighted by Crippen LogP contribution is 2.68. The van der Waals surface area contributed by atoms with Gasteiger partial charge in [-0.05, 0) is 28.9 Å². The fourth-order valence-electron chi connectivity index (χ4n) is 2.87. The maximum atomic E-state index is 8.94. The lowest BCUT2D eigenvalue weighted by molar-refractivity contribution is 0.457. The van der Waals surface area contributed by atoms with Crippen molar-refractivity contribution in [3.8, 4) is 6.07 Å². The van der Waals surface area contributed by atoms with Crippen molar-refractivity contribution in [1.82, 2.24) is 0 Å². The number of benzene rings is 1. The molecule has 3 heteroatoms. The zero-order valence-electron chi connectivity index (χ0n) is 11.5. The molecule has 0 heterocycles. The summed E-state index contributed by atoms with van der Waals surface area (Å²) in [7, 11) is 0. The normalized spacial score (nSPS) is 20.2. The molecule has 96 valence electrons. The summed E-state index contributed by atoms with van der Waals surface area (Å²) < 4.78 is 0. The summed E-state index contributed by atoms with van der Waals surface area (Å²) >= 11 is 0. The van der Waals surface area contributed by atoms with Gasteiger partial charge in [-0.25, -0.2) is 0 Å². The largest absolute Gasteiger partial charge is 0.396 e. The lowest BCUT2D eigenvalue weighted by Gasteiger charge is -2.11. The second-order valence-electron chi connectivity index (χ2n) is 6.26. The monoisotopic (exact) mass is 243 g/mol. The van der Waals surface area contributed by atoms with Gasteiger partial charge in [0.25, 0.3) is 0 Å². The van der Waals surface area contributed by atoms with Crippen molar-refractivity contribution in [2.24, 2.45) is 16.7 Å². The molecule has 1 saturated carbocycles. The van der Waals surface area contributed by atoms with Crippen LogP contribution in [0.5, 0.6) is 0 Å². The van der Waals surface area contributed by atoms with Crippen molar-refractivity contribution in [2.45, 2.75) is 27.7 Å². The standard InChI is InChI=1S/C15H21N3/c1-14(2)12(15(14,3)4)9-18-11-7-5-6-10(8-16)13(11)17/h5-7,12,18H,9,17H2,1-4H3. The molecule has 3 nitrogen and oxygen atoms in total. The molecule has 0 bridgehead atoms. The molecule has 0 saturated heterocycles. The highest BCUT2D eigenvalue weighted by atomic mass is 14.9. The summed E-state index contributed by atoms with van der Waals surface area (Å²) in [6.07, 6.45) is 0. The van der Waals surface area contributed by atoms with Gasteiger partial charge in [-0.2, -0.15) is 5.26 Å². The van der Waals surface area contributed by atoms with Gasteiger partial charge in [0, 0.05) is 6.54 Å². The zero-order chi connectivity index (χ0) is 13.6. The van der Waals surface area contributed by atoms with E-state index in [0.29, 0.717) is 28.0 Å². The molecule has 0 amide bonds. The van der Waals surface area contributed by atoms with E-state index in [9.17, 15) is 0 Å². The third kappa shape index (κ3) is 1.73.